The summed E-state index contributed by atoms with van der Waals surface area (Å²) in [7, 11) is 1.60. The first kappa shape index (κ1) is 90.1. The van der Waals surface area contributed by atoms with Crippen LogP contribution < -0.4 is 31.9 Å². The van der Waals surface area contributed by atoms with Crippen LogP contribution in [0.25, 0.3) is 0 Å². The molecule has 10 atom stereocenters. The van der Waals surface area contributed by atoms with Gasteiger partial charge in [0.2, 0.25) is 5.91 Å². The van der Waals surface area contributed by atoms with Gasteiger partial charge in [0.05, 0.1) is 32.5 Å². The number of carboxylic acids is 1. The van der Waals surface area contributed by atoms with Gasteiger partial charge < -0.3 is 74.3 Å². The quantitative estimate of drug-likeness (QED) is 0.0130. The average Bonchev–Trinajstić information content (AvgIpc) is 0.818. The van der Waals surface area contributed by atoms with E-state index in [4.69, 9.17) is 42.6 Å². The highest BCUT2D eigenvalue weighted by Crippen LogP contribution is 2.53. The third-order valence-corrected chi connectivity index (χ3v) is 21.1. The molecule has 0 aromatic heterocycles. The van der Waals surface area contributed by atoms with E-state index >= 15 is 0 Å². The van der Waals surface area contributed by atoms with Crippen molar-refractivity contribution in [2.75, 3.05) is 86.0 Å². The van der Waals surface area contributed by atoms with Crippen molar-refractivity contribution >= 4 is 60.3 Å². The van der Waals surface area contributed by atoms with E-state index in [-0.39, 0.29) is 137 Å². The molecule has 26 heteroatoms. The first-order valence-corrected chi connectivity index (χ1v) is 38.5. The number of likely N-dealkylation sites (N-methyl/N-ethyl adjacent to an activating group) is 1. The molecule has 104 heavy (non-hydrogen) atoms. The number of nitrogens with one attached hydrogen (secondary N) is 6. The highest BCUT2D eigenvalue weighted by Gasteiger charge is 2.47. The molecule has 4 rings (SSSR count). The van der Waals surface area contributed by atoms with Crippen LogP contribution in [0.3, 0.4) is 0 Å². The van der Waals surface area contributed by atoms with Crippen LogP contribution in [-0.4, -0.2) is 164 Å². The fourth-order valence-electron chi connectivity index (χ4n) is 18.3. The highest BCUT2D eigenvalue weighted by molar-refractivity contribution is 5.78. The largest absolute Gasteiger partial charge is 0.508 e. The minimum Gasteiger partial charge on any atom is -0.481 e. The minimum absolute atomic E-state index is 0.00603. The van der Waals surface area contributed by atoms with Gasteiger partial charge in [0.25, 0.3) is 0 Å². The first-order valence-electron chi connectivity index (χ1n) is 38.5. The summed E-state index contributed by atoms with van der Waals surface area (Å²) < 4.78 is 49.1. The third kappa shape index (κ3) is 34.1. The van der Waals surface area contributed by atoms with E-state index in [9.17, 15) is 53.1 Å². The van der Waals surface area contributed by atoms with Crippen molar-refractivity contribution in [2.24, 2.45) is 78.3 Å². The zero-order valence-electron chi connectivity index (χ0n) is 66.8. The summed E-state index contributed by atoms with van der Waals surface area (Å²) in [6.45, 7) is 35.9. The molecular formula is C78H136N6O20. The van der Waals surface area contributed by atoms with Crippen molar-refractivity contribution in [3.05, 3.63) is 0 Å². The number of carbonyl (C=O) groups excluding carboxylic acids is 9. The summed E-state index contributed by atoms with van der Waals surface area (Å²) in [5.74, 6) is -2.34. The summed E-state index contributed by atoms with van der Waals surface area (Å²) in [5.41, 5.74) is -3.41. The number of amides is 5. The Bertz CT molecular complexity index is 2810. The lowest BCUT2D eigenvalue weighted by atomic mass is 9.60. The maximum Gasteiger partial charge on any atom is 0.508 e. The SMILES string of the molecule is CCC(COC(=O)NCC1CC(C)(C)CC(C)(CNC(=O)C(C)C)C1)(COC(=O)NCC1(C)CC(CC(=O)OC(COC(=O)NCC2(C)CC(CC(=O)OCCCCOC(=O)NCC3(C)CC(CC(=O)OCCCCCCOC(=O)OC(C)C)CC(C)(C)C3)CC(C)(C)C2)NC)CC(C)(C)C1)C(=O)O. The van der Waals surface area contributed by atoms with Crippen LogP contribution in [0.4, 0.5) is 24.0 Å². The maximum atomic E-state index is 13.5. The standard InChI is InChI=1S/C78H136N6O20/c1-19-78(64(89)90,51-101-65(91)80-41-58-36-73(12,13)46-77(17,40-58)47-81-63(88)53(2)3)52-102-68(94)84-50-76(16)39-57(35-72(10,11)45-76)32-62(87)104-59(79-18)42-100-67(93)83-49-75(15)38-56(34-71(8,9)44-75)31-61(86)97-27-24-25-28-98-66(92)82-48-74(14)37-55(33-70(6,7)43-74)30-60(85)96-26-22-20-21-23-29-99-69(95)103-54(4)5/h53-59,79H,19-52H2,1-18H3,(H,80,91)(H,81,88)(H,82,92)(H,83,93)(H,84,94)(H,89,90). The number of carboxylic acid groups (broad SMARTS) is 1. The van der Waals surface area contributed by atoms with Gasteiger partial charge in [0.1, 0.15) is 25.2 Å². The van der Waals surface area contributed by atoms with Gasteiger partial charge in [-0.2, -0.15) is 0 Å². The fraction of sp³-hybridized carbons (Fsp3) is 0.872. The molecule has 4 fully saturated rings. The Balaban J connectivity index is 1.12. The second kappa shape index (κ2) is 40.6. The first-order chi connectivity index (χ1) is 48.3. The van der Waals surface area contributed by atoms with E-state index in [1.165, 1.54) is 0 Å². The molecule has 0 aliphatic heterocycles. The Morgan fingerprint density at radius 1 is 0.423 bits per heavy atom. The molecule has 7 N–H and O–H groups in total. The molecule has 0 aromatic rings. The fourth-order valence-corrected chi connectivity index (χ4v) is 18.3. The lowest BCUT2D eigenvalue weighted by Gasteiger charge is -2.47. The van der Waals surface area contributed by atoms with Crippen molar-refractivity contribution in [3.8, 4) is 0 Å². The van der Waals surface area contributed by atoms with Gasteiger partial charge in [-0.3, -0.25) is 29.3 Å². The zero-order valence-corrected chi connectivity index (χ0v) is 66.8. The number of alkyl carbamates (subject to hydrolysis) is 4. The summed E-state index contributed by atoms with van der Waals surface area (Å²) in [5, 5.41) is 27.9. The van der Waals surface area contributed by atoms with Gasteiger partial charge in [0.15, 0.2) is 6.23 Å². The van der Waals surface area contributed by atoms with Crippen LogP contribution in [0, 0.1) is 78.3 Å². The second-order valence-electron chi connectivity index (χ2n) is 36.6. The Morgan fingerprint density at radius 2 is 0.779 bits per heavy atom. The Labute approximate surface area is 621 Å². The summed E-state index contributed by atoms with van der Waals surface area (Å²) in [4.78, 5) is 129. The number of aliphatic carboxylic acids is 1. The van der Waals surface area contributed by atoms with Crippen molar-refractivity contribution < 1.29 is 95.7 Å². The van der Waals surface area contributed by atoms with E-state index in [0.717, 1.165) is 70.6 Å². The Hall–Kier alpha value is -6.34. The van der Waals surface area contributed by atoms with E-state index in [1.54, 1.807) is 27.8 Å². The van der Waals surface area contributed by atoms with Crippen LogP contribution in [0.5, 0.6) is 0 Å². The molecule has 4 aliphatic rings. The molecule has 10 unspecified atom stereocenters. The van der Waals surface area contributed by atoms with Crippen LogP contribution in [0.15, 0.2) is 0 Å². The lowest BCUT2D eigenvalue weighted by Crippen LogP contribution is -2.47. The van der Waals surface area contributed by atoms with Crippen molar-refractivity contribution in [3.63, 3.8) is 0 Å². The van der Waals surface area contributed by atoms with Crippen LogP contribution >= 0.6 is 0 Å². The molecule has 5 amide bonds. The molecule has 0 saturated heterocycles. The highest BCUT2D eigenvalue weighted by atomic mass is 16.7. The van der Waals surface area contributed by atoms with E-state index < -0.39 is 72.7 Å². The monoisotopic (exact) mass is 1480 g/mol. The molecule has 0 radical (unpaired) electrons. The van der Waals surface area contributed by atoms with Crippen molar-refractivity contribution in [2.45, 2.75) is 271 Å². The van der Waals surface area contributed by atoms with Gasteiger partial charge in [0, 0.05) is 57.9 Å². The van der Waals surface area contributed by atoms with Crippen LogP contribution in [0.2, 0.25) is 0 Å². The smallest absolute Gasteiger partial charge is 0.481 e. The van der Waals surface area contributed by atoms with Crippen LogP contribution in [0.1, 0.15) is 259 Å². The molecule has 0 heterocycles. The number of carbonyl (C=O) groups is 10. The molecule has 0 aromatic carbocycles. The molecule has 0 spiro atoms. The normalized spacial score (nSPS) is 26.2. The Morgan fingerprint density at radius 3 is 1.18 bits per heavy atom. The van der Waals surface area contributed by atoms with E-state index in [2.05, 4.69) is 108 Å². The molecule has 26 nitrogen and oxygen atoms in total. The van der Waals surface area contributed by atoms with Crippen molar-refractivity contribution in [1.29, 1.82) is 0 Å². The number of hydrogen-bond donors (Lipinski definition) is 7. The van der Waals surface area contributed by atoms with E-state index in [0.29, 0.717) is 90.8 Å². The predicted molar refractivity (Wildman–Crippen MR) is 393 cm³/mol. The number of unbranched alkanes of at least 4 members (excludes halogenated alkanes) is 4. The number of hydrogen-bond acceptors (Lipinski definition) is 20. The number of esters is 3. The van der Waals surface area contributed by atoms with Crippen molar-refractivity contribution in [1.82, 2.24) is 31.9 Å². The van der Waals surface area contributed by atoms with Gasteiger partial charge in [-0.15, -0.1) is 0 Å². The predicted octanol–water partition coefficient (Wildman–Crippen LogP) is 13.7. The topological polar surface area (TPSA) is 346 Å². The molecule has 0 bridgehead atoms. The molecular weight excluding hydrogens is 1340 g/mol. The molecule has 598 valence electrons. The second-order valence-corrected chi connectivity index (χ2v) is 36.6. The van der Waals surface area contributed by atoms with Crippen LogP contribution in [-0.2, 0) is 66.6 Å². The Kier molecular flexibility index (Phi) is 35.1. The van der Waals surface area contributed by atoms with Gasteiger partial charge in [-0.25, -0.2) is 24.0 Å². The summed E-state index contributed by atoms with van der Waals surface area (Å²) in [6.07, 6.45) is 9.43. The molecule has 4 aliphatic carbocycles. The number of rotatable bonds is 40. The minimum atomic E-state index is -1.71. The van der Waals surface area contributed by atoms with E-state index in [1.807, 2.05) is 20.8 Å². The average molecular weight is 1480 g/mol. The molecule has 4 saturated carbocycles. The lowest BCUT2D eigenvalue weighted by molar-refractivity contribution is -0.156. The summed E-state index contributed by atoms with van der Waals surface area (Å²) >= 11 is 0. The number of ether oxygens (including phenoxy) is 9. The van der Waals surface area contributed by atoms with Gasteiger partial charge >= 0.3 is 54.4 Å². The summed E-state index contributed by atoms with van der Waals surface area (Å²) in [6, 6.07) is 0. The maximum absolute atomic E-state index is 13.5. The van der Waals surface area contributed by atoms with Gasteiger partial charge in [-0.05, 0) is 210 Å². The third-order valence-electron chi connectivity index (χ3n) is 21.1. The zero-order chi connectivity index (χ0) is 78.0. The van der Waals surface area contributed by atoms with Gasteiger partial charge in [-0.1, -0.05) is 104 Å².